The Morgan fingerprint density at radius 3 is 1.48 bits per heavy atom. The average molecular weight is 304 g/mol. The van der Waals surface area contributed by atoms with E-state index in [0.29, 0.717) is 39.0 Å². The van der Waals surface area contributed by atoms with Crippen LogP contribution in [-0.4, -0.2) is 38.1 Å². The fraction of sp³-hybridized carbons (Fsp3) is 0.846. The van der Waals surface area contributed by atoms with Gasteiger partial charge < -0.3 is 21.1 Å². The number of carbonyl (C=O) groups excluding carboxylic acids is 2. The molecule has 124 valence electrons. The van der Waals surface area contributed by atoms with E-state index in [1.54, 1.807) is 0 Å². The highest BCUT2D eigenvalue weighted by molar-refractivity contribution is 5.69. The first-order valence-electron chi connectivity index (χ1n) is 7.46. The molecule has 0 fully saturated rings. The third-order valence-corrected chi connectivity index (χ3v) is 2.63. The van der Waals surface area contributed by atoms with Crippen molar-refractivity contribution >= 4 is 11.9 Å². The maximum atomic E-state index is 11.2. The maximum Gasteiger partial charge on any atom is 0.324 e. The number of hydrogen-bond acceptors (Lipinski definition) is 8. The quantitative estimate of drug-likeness (QED) is 0.255. The molecule has 21 heavy (non-hydrogen) atoms. The van der Waals surface area contributed by atoms with Gasteiger partial charge in [0.05, 0.1) is 0 Å². The van der Waals surface area contributed by atoms with E-state index in [9.17, 15) is 9.59 Å². The number of hydroxylamine groups is 2. The molecule has 8 heteroatoms. The first-order chi connectivity index (χ1) is 10.2. The predicted octanol–water partition coefficient (Wildman–Crippen LogP) is -0.270. The molecule has 0 amide bonds. The van der Waals surface area contributed by atoms with Crippen molar-refractivity contribution in [1.29, 1.82) is 0 Å². The minimum atomic E-state index is -0.266. The van der Waals surface area contributed by atoms with E-state index >= 15 is 0 Å². The van der Waals surface area contributed by atoms with Gasteiger partial charge in [0.25, 0.3) is 0 Å². The lowest BCUT2D eigenvalue weighted by Crippen LogP contribution is -2.25. The molecule has 6 N–H and O–H groups in total. The van der Waals surface area contributed by atoms with Gasteiger partial charge in [0.15, 0.2) is 0 Å². The molecule has 0 spiro atoms. The molecule has 0 aliphatic rings. The second kappa shape index (κ2) is 15.2. The number of rotatable bonds is 14. The number of unbranched alkanes of at least 4 members (excludes halogenated alkanes) is 4. The van der Waals surface area contributed by atoms with E-state index in [0.717, 1.165) is 32.1 Å². The summed E-state index contributed by atoms with van der Waals surface area (Å²) >= 11 is 0. The Morgan fingerprint density at radius 2 is 1.10 bits per heavy atom. The summed E-state index contributed by atoms with van der Waals surface area (Å²) in [5, 5.41) is 0. The molecule has 0 heterocycles. The fourth-order valence-corrected chi connectivity index (χ4v) is 1.55. The van der Waals surface area contributed by atoms with Crippen LogP contribution in [0.15, 0.2) is 0 Å². The van der Waals surface area contributed by atoms with Crippen molar-refractivity contribution in [2.45, 2.75) is 44.9 Å². The van der Waals surface area contributed by atoms with Crippen molar-refractivity contribution in [3.05, 3.63) is 0 Å². The van der Waals surface area contributed by atoms with E-state index < -0.39 is 0 Å². The molecular formula is C13H28N4O4. The summed E-state index contributed by atoms with van der Waals surface area (Å²) in [4.78, 5) is 31.9. The fourth-order valence-electron chi connectivity index (χ4n) is 1.55. The first kappa shape index (κ1) is 19.8. The van der Waals surface area contributed by atoms with E-state index in [1.165, 1.54) is 0 Å². The van der Waals surface area contributed by atoms with Crippen LogP contribution in [0.2, 0.25) is 0 Å². The number of nitrogens with one attached hydrogen (secondary N) is 2. The topological polar surface area (TPSA) is 129 Å². The molecular weight excluding hydrogens is 276 g/mol. The van der Waals surface area contributed by atoms with Gasteiger partial charge in [-0.05, 0) is 12.8 Å². The standard InChI is InChI=1S/C13H28N4O4/c14-8-10-16-20-12(18)6-4-2-1-3-5-7-13(19)21-17-11-9-15/h16-17H,1-11,14-15H2. The van der Waals surface area contributed by atoms with Crippen LogP contribution in [0.25, 0.3) is 0 Å². The minimum Gasteiger partial charge on any atom is -0.371 e. The number of hydrogen-bond donors (Lipinski definition) is 4. The van der Waals surface area contributed by atoms with Crippen LogP contribution in [0, 0.1) is 0 Å². The molecule has 0 bridgehead atoms. The number of carbonyl (C=O) groups is 2. The molecule has 0 radical (unpaired) electrons. The average Bonchev–Trinajstić information content (AvgIpc) is 2.47. The van der Waals surface area contributed by atoms with Crippen molar-refractivity contribution in [1.82, 2.24) is 11.0 Å². The Morgan fingerprint density at radius 1 is 0.714 bits per heavy atom. The van der Waals surface area contributed by atoms with Gasteiger partial charge in [0.1, 0.15) is 0 Å². The Balaban J connectivity index is 3.24. The van der Waals surface area contributed by atoms with Crippen LogP contribution < -0.4 is 22.4 Å². The Hall–Kier alpha value is -1.22. The molecule has 0 aliphatic carbocycles. The van der Waals surface area contributed by atoms with Gasteiger partial charge in [-0.15, -0.1) is 0 Å². The molecule has 8 nitrogen and oxygen atoms in total. The van der Waals surface area contributed by atoms with Crippen LogP contribution >= 0.6 is 0 Å². The summed E-state index contributed by atoms with van der Waals surface area (Å²) in [5.41, 5.74) is 15.5. The smallest absolute Gasteiger partial charge is 0.324 e. The highest BCUT2D eigenvalue weighted by Gasteiger charge is 2.04. The second-order valence-electron chi connectivity index (χ2n) is 4.58. The van der Waals surface area contributed by atoms with E-state index in [2.05, 4.69) is 11.0 Å². The Kier molecular flexibility index (Phi) is 14.3. The lowest BCUT2D eigenvalue weighted by Gasteiger charge is -2.05. The van der Waals surface area contributed by atoms with Crippen molar-refractivity contribution in [3.63, 3.8) is 0 Å². The maximum absolute atomic E-state index is 11.2. The molecule has 0 aromatic rings. The van der Waals surface area contributed by atoms with E-state index in [-0.39, 0.29) is 11.9 Å². The van der Waals surface area contributed by atoms with Crippen LogP contribution in [0.3, 0.4) is 0 Å². The van der Waals surface area contributed by atoms with Crippen LogP contribution in [0.1, 0.15) is 44.9 Å². The zero-order valence-electron chi connectivity index (χ0n) is 12.6. The Bertz CT molecular complexity index is 251. The van der Waals surface area contributed by atoms with Crippen LogP contribution in [-0.2, 0) is 19.3 Å². The van der Waals surface area contributed by atoms with Gasteiger partial charge >= 0.3 is 11.9 Å². The SMILES string of the molecule is NCCNOC(=O)CCCCCCCC(=O)ONCCN. The summed E-state index contributed by atoms with van der Waals surface area (Å²) in [7, 11) is 0. The molecule has 0 saturated heterocycles. The van der Waals surface area contributed by atoms with E-state index in [1.807, 2.05) is 0 Å². The highest BCUT2D eigenvalue weighted by atomic mass is 16.7. The van der Waals surface area contributed by atoms with Gasteiger partial charge in [0.2, 0.25) is 0 Å². The third-order valence-electron chi connectivity index (χ3n) is 2.63. The number of nitrogens with two attached hydrogens (primary N) is 2. The molecule has 0 aliphatic heterocycles. The molecule has 0 aromatic carbocycles. The van der Waals surface area contributed by atoms with Crippen LogP contribution in [0.5, 0.6) is 0 Å². The third kappa shape index (κ3) is 15.0. The van der Waals surface area contributed by atoms with Crippen molar-refractivity contribution in [2.75, 3.05) is 26.2 Å². The van der Waals surface area contributed by atoms with Crippen molar-refractivity contribution < 1.29 is 19.3 Å². The van der Waals surface area contributed by atoms with Crippen molar-refractivity contribution in [2.24, 2.45) is 11.5 Å². The van der Waals surface area contributed by atoms with Crippen LogP contribution in [0.4, 0.5) is 0 Å². The molecule has 0 saturated carbocycles. The lowest BCUT2D eigenvalue weighted by molar-refractivity contribution is -0.151. The summed E-state index contributed by atoms with van der Waals surface area (Å²) in [6.45, 7) is 1.78. The Labute approximate surface area is 125 Å². The minimum absolute atomic E-state index is 0.266. The monoisotopic (exact) mass is 304 g/mol. The summed E-state index contributed by atoms with van der Waals surface area (Å²) in [6.07, 6.45) is 5.20. The van der Waals surface area contributed by atoms with Crippen molar-refractivity contribution in [3.8, 4) is 0 Å². The zero-order valence-corrected chi connectivity index (χ0v) is 12.6. The highest BCUT2D eigenvalue weighted by Crippen LogP contribution is 2.08. The summed E-state index contributed by atoms with van der Waals surface area (Å²) < 4.78 is 0. The predicted molar refractivity (Wildman–Crippen MR) is 78.6 cm³/mol. The molecule has 0 rings (SSSR count). The van der Waals surface area contributed by atoms with Gasteiger partial charge in [0, 0.05) is 39.0 Å². The molecule has 0 aromatic heterocycles. The largest absolute Gasteiger partial charge is 0.371 e. The lowest BCUT2D eigenvalue weighted by atomic mass is 10.1. The zero-order chi connectivity index (χ0) is 15.8. The van der Waals surface area contributed by atoms with Gasteiger partial charge in [-0.1, -0.05) is 19.3 Å². The normalized spacial score (nSPS) is 10.4. The summed E-state index contributed by atoms with van der Waals surface area (Å²) in [6, 6.07) is 0. The molecule has 0 atom stereocenters. The van der Waals surface area contributed by atoms with Gasteiger partial charge in [-0.3, -0.25) is 9.59 Å². The van der Waals surface area contributed by atoms with Gasteiger partial charge in [-0.2, -0.15) is 11.0 Å². The summed E-state index contributed by atoms with van der Waals surface area (Å²) in [5.74, 6) is -0.531. The first-order valence-corrected chi connectivity index (χ1v) is 7.46. The van der Waals surface area contributed by atoms with E-state index in [4.69, 9.17) is 21.1 Å². The molecule has 0 unspecified atom stereocenters. The second-order valence-corrected chi connectivity index (χ2v) is 4.58. The van der Waals surface area contributed by atoms with Gasteiger partial charge in [-0.25, -0.2) is 0 Å².